The summed E-state index contributed by atoms with van der Waals surface area (Å²) in [6.07, 6.45) is -1.03. The van der Waals surface area contributed by atoms with E-state index in [9.17, 15) is 24.0 Å². The molecule has 0 saturated carbocycles. The van der Waals surface area contributed by atoms with E-state index in [4.69, 9.17) is 23.9 Å². The first-order valence-corrected chi connectivity index (χ1v) is 21.9. The lowest BCUT2D eigenvalue weighted by Gasteiger charge is -2.35. The molecule has 2 aromatic heterocycles. The maximum Gasteiger partial charge on any atom is 0.412 e. The Morgan fingerprint density at radius 3 is 2.27 bits per heavy atom. The molecule has 0 fully saturated rings. The molecular formula is C42H50N4O9Si. The van der Waals surface area contributed by atoms with Crippen molar-refractivity contribution in [3.8, 4) is 11.4 Å². The molecule has 4 aromatic rings. The van der Waals surface area contributed by atoms with E-state index in [1.54, 1.807) is 65.2 Å². The number of anilines is 1. The van der Waals surface area contributed by atoms with Gasteiger partial charge in [0.15, 0.2) is 0 Å². The molecule has 2 aliphatic heterocycles. The SMILES string of the molecule is CCC1(OC(=O)CCCNC(=O)OC(C)(C)C)C(=O)OCc2c1cc1n(c2=O)Cc2c-1nc1ccc(NC(=O)OC(C)(C)C)cc1c2[Si](C)(C)c1ccccc1. The highest BCUT2D eigenvalue weighted by atomic mass is 28.3. The van der Waals surface area contributed by atoms with Crippen molar-refractivity contribution in [1.82, 2.24) is 14.9 Å². The fourth-order valence-electron chi connectivity index (χ4n) is 7.43. The number of alkyl carbamates (subject to hydrolysis) is 1. The van der Waals surface area contributed by atoms with Crippen molar-refractivity contribution < 1.29 is 38.1 Å². The van der Waals surface area contributed by atoms with Crippen molar-refractivity contribution in [3.05, 3.63) is 81.6 Å². The van der Waals surface area contributed by atoms with Crippen molar-refractivity contribution in [1.29, 1.82) is 0 Å². The molecule has 0 radical (unpaired) electrons. The topological polar surface area (TPSA) is 164 Å². The van der Waals surface area contributed by atoms with Crippen LogP contribution in [0.1, 0.15) is 84.4 Å². The van der Waals surface area contributed by atoms with Crippen molar-refractivity contribution in [2.75, 3.05) is 11.9 Å². The molecule has 0 spiro atoms. The van der Waals surface area contributed by atoms with Gasteiger partial charge in [0.2, 0.25) is 5.60 Å². The van der Waals surface area contributed by atoms with Crippen LogP contribution < -0.4 is 26.6 Å². The maximum absolute atomic E-state index is 14.5. The Hall–Kier alpha value is -5.50. The van der Waals surface area contributed by atoms with Gasteiger partial charge in [0.25, 0.3) is 5.56 Å². The molecule has 0 saturated heterocycles. The lowest BCUT2D eigenvalue weighted by atomic mass is 9.85. The van der Waals surface area contributed by atoms with Crippen LogP contribution in [-0.2, 0) is 47.3 Å². The van der Waals surface area contributed by atoms with Crippen LogP contribution in [0.5, 0.6) is 0 Å². The van der Waals surface area contributed by atoms with Crippen LogP contribution in [0.3, 0.4) is 0 Å². The van der Waals surface area contributed by atoms with E-state index in [1.165, 1.54) is 5.19 Å². The van der Waals surface area contributed by atoms with Crippen molar-refractivity contribution >= 4 is 59.2 Å². The Balaban J connectivity index is 1.42. The van der Waals surface area contributed by atoms with Gasteiger partial charge in [0.05, 0.1) is 29.0 Å². The van der Waals surface area contributed by atoms with Crippen LogP contribution in [0, 0.1) is 0 Å². The second-order valence-electron chi connectivity index (χ2n) is 16.7. The lowest BCUT2D eigenvalue weighted by molar-refractivity contribution is -0.189. The fraction of sp³-hybridized carbons (Fsp3) is 0.429. The smallest absolute Gasteiger partial charge is 0.412 e. The Morgan fingerprint density at radius 1 is 0.929 bits per heavy atom. The van der Waals surface area contributed by atoms with Crippen LogP contribution >= 0.6 is 0 Å². The summed E-state index contributed by atoms with van der Waals surface area (Å²) in [5.74, 6) is -1.44. The van der Waals surface area contributed by atoms with E-state index in [1.807, 2.05) is 30.3 Å². The predicted molar refractivity (Wildman–Crippen MR) is 215 cm³/mol. The van der Waals surface area contributed by atoms with Gasteiger partial charge in [-0.2, -0.15) is 0 Å². The van der Waals surface area contributed by atoms with Gasteiger partial charge in [-0.15, -0.1) is 0 Å². The van der Waals surface area contributed by atoms with E-state index in [2.05, 4.69) is 35.9 Å². The summed E-state index contributed by atoms with van der Waals surface area (Å²) in [6, 6.07) is 17.5. The number of nitrogens with one attached hydrogen (secondary N) is 2. The third kappa shape index (κ3) is 7.92. The minimum Gasteiger partial charge on any atom is -0.457 e. The molecule has 0 aliphatic carbocycles. The van der Waals surface area contributed by atoms with Crippen molar-refractivity contribution in [3.63, 3.8) is 0 Å². The first-order chi connectivity index (χ1) is 26.2. The lowest BCUT2D eigenvalue weighted by Crippen LogP contribution is -2.54. The molecule has 6 rings (SSSR count). The van der Waals surface area contributed by atoms with E-state index in [-0.39, 0.29) is 55.6 Å². The van der Waals surface area contributed by atoms with Gasteiger partial charge in [0, 0.05) is 35.2 Å². The minimum atomic E-state index is -2.55. The standard InChI is InChI=1S/C42H50N4O9Si/c1-10-42(53-33(47)17-14-20-43-38(50)54-40(2,3)4)30-22-32-34-28(23-46(32)36(48)29(30)24-52-37(42)49)35(56(8,9)26-15-12-11-13-16-26)27-21-25(18-19-31(27)45-34)44-39(51)55-41(5,6)7/h11-13,15-16,18-19,21-22H,10,14,17,20,23-24H2,1-9H3,(H,43,50)(H,44,51). The average Bonchev–Trinajstić information content (AvgIpc) is 3.47. The van der Waals surface area contributed by atoms with Crippen molar-refractivity contribution in [2.24, 2.45) is 0 Å². The van der Waals surface area contributed by atoms with E-state index >= 15 is 0 Å². The summed E-state index contributed by atoms with van der Waals surface area (Å²) >= 11 is 0. The molecule has 56 heavy (non-hydrogen) atoms. The summed E-state index contributed by atoms with van der Waals surface area (Å²) < 4.78 is 23.9. The summed E-state index contributed by atoms with van der Waals surface area (Å²) in [5.41, 5.74) is 0.121. The number of amides is 2. The minimum absolute atomic E-state index is 0.0221. The molecule has 296 valence electrons. The van der Waals surface area contributed by atoms with E-state index in [0.717, 1.165) is 16.1 Å². The number of esters is 2. The number of hydrogen-bond acceptors (Lipinski definition) is 10. The Kier molecular flexibility index (Phi) is 10.7. The average molecular weight is 783 g/mol. The maximum atomic E-state index is 14.5. The van der Waals surface area contributed by atoms with Crippen LogP contribution in [0.2, 0.25) is 13.1 Å². The highest BCUT2D eigenvalue weighted by molar-refractivity contribution is 7.02. The number of cyclic esters (lactones) is 1. The second kappa shape index (κ2) is 14.9. The normalized spacial score (nSPS) is 16.3. The van der Waals surface area contributed by atoms with Gasteiger partial charge < -0.3 is 28.8 Å². The largest absolute Gasteiger partial charge is 0.457 e. The van der Waals surface area contributed by atoms with E-state index < -0.39 is 49.0 Å². The number of benzene rings is 2. The molecular weight excluding hydrogens is 733 g/mol. The molecule has 4 heterocycles. The van der Waals surface area contributed by atoms with Gasteiger partial charge >= 0.3 is 24.1 Å². The summed E-state index contributed by atoms with van der Waals surface area (Å²) in [5, 5.41) is 8.55. The number of ether oxygens (including phenoxy) is 4. The summed E-state index contributed by atoms with van der Waals surface area (Å²) in [6.45, 7) is 17.0. The third-order valence-corrected chi connectivity index (χ3v) is 13.5. The second-order valence-corrected chi connectivity index (χ2v) is 21.1. The zero-order chi connectivity index (χ0) is 40.8. The van der Waals surface area contributed by atoms with E-state index in [0.29, 0.717) is 22.6 Å². The van der Waals surface area contributed by atoms with Gasteiger partial charge in [-0.05, 0) is 83.8 Å². The molecule has 2 aromatic carbocycles. The number of nitrogens with zero attached hydrogens (tertiary/aromatic N) is 2. The van der Waals surface area contributed by atoms with Crippen LogP contribution in [-0.4, -0.2) is 59.5 Å². The molecule has 13 nitrogen and oxygen atoms in total. The zero-order valence-corrected chi connectivity index (χ0v) is 34.5. The van der Waals surface area contributed by atoms with Crippen LogP contribution in [0.15, 0.2) is 59.4 Å². The third-order valence-electron chi connectivity index (χ3n) is 9.93. The van der Waals surface area contributed by atoms with Crippen LogP contribution in [0.4, 0.5) is 15.3 Å². The van der Waals surface area contributed by atoms with Crippen LogP contribution in [0.25, 0.3) is 22.3 Å². The fourth-order valence-corrected chi connectivity index (χ4v) is 10.6. The molecule has 2 aliphatic rings. The number of hydrogen-bond donors (Lipinski definition) is 2. The molecule has 1 unspecified atom stereocenters. The zero-order valence-electron chi connectivity index (χ0n) is 33.5. The molecule has 1 atom stereocenters. The highest BCUT2D eigenvalue weighted by Crippen LogP contribution is 2.41. The van der Waals surface area contributed by atoms with Gasteiger partial charge in [0.1, 0.15) is 25.9 Å². The Morgan fingerprint density at radius 2 is 1.61 bits per heavy atom. The van der Waals surface area contributed by atoms with Crippen molar-refractivity contribution in [2.45, 2.75) is 111 Å². The number of pyridine rings is 2. The van der Waals surface area contributed by atoms with Gasteiger partial charge in [-0.3, -0.25) is 14.9 Å². The predicted octanol–water partition coefficient (Wildman–Crippen LogP) is 6.11. The van der Waals surface area contributed by atoms with Gasteiger partial charge in [-0.25, -0.2) is 19.4 Å². The first kappa shape index (κ1) is 40.2. The molecule has 2 amide bonds. The number of rotatable bonds is 9. The first-order valence-electron chi connectivity index (χ1n) is 18.9. The monoisotopic (exact) mass is 782 g/mol. The molecule has 2 N–H and O–H groups in total. The van der Waals surface area contributed by atoms with Gasteiger partial charge in [-0.1, -0.05) is 55.5 Å². The number of carbonyl (C=O) groups excluding carboxylic acids is 4. The Bertz CT molecular complexity index is 2290. The molecule has 14 heteroatoms. The summed E-state index contributed by atoms with van der Waals surface area (Å²) in [4.78, 5) is 71.4. The number of carbonyl (C=O) groups is 4. The number of aromatic nitrogens is 2. The Labute approximate surface area is 327 Å². The molecule has 0 bridgehead atoms. The quantitative estimate of drug-likeness (QED) is 0.0773. The summed E-state index contributed by atoms with van der Waals surface area (Å²) in [7, 11) is -2.55. The number of fused-ring (bicyclic) bond motifs is 5. The highest BCUT2D eigenvalue weighted by Gasteiger charge is 2.50.